The van der Waals surface area contributed by atoms with E-state index in [1.807, 2.05) is 0 Å². The highest BCUT2D eigenvalue weighted by Crippen LogP contribution is 2.23. The molecule has 1 unspecified atom stereocenters. The Hall–Kier alpha value is -1.21. The number of nitrogens with one attached hydrogen (secondary N) is 1. The molecule has 1 atom stereocenters. The summed E-state index contributed by atoms with van der Waals surface area (Å²) in [4.78, 5) is 0. The van der Waals surface area contributed by atoms with Crippen LogP contribution in [0.15, 0.2) is 18.2 Å². The van der Waals surface area contributed by atoms with E-state index in [4.69, 9.17) is 5.84 Å². The summed E-state index contributed by atoms with van der Waals surface area (Å²) in [5.41, 5.74) is 1.45. The molecule has 3 N–H and O–H groups in total. The molecule has 0 saturated carbocycles. The summed E-state index contributed by atoms with van der Waals surface area (Å²) in [7, 11) is 0. The van der Waals surface area contributed by atoms with Gasteiger partial charge in [0.1, 0.15) is 17.7 Å². The number of nitrogens with two attached hydrogens (primary N) is 1. The van der Waals surface area contributed by atoms with E-state index in [0.717, 1.165) is 12.1 Å². The summed E-state index contributed by atoms with van der Waals surface area (Å²) in [6.45, 7) is 0. The Kier molecular flexibility index (Phi) is 3.82. The summed E-state index contributed by atoms with van der Waals surface area (Å²) in [5.74, 6) is 2.88. The lowest BCUT2D eigenvalue weighted by Gasteiger charge is -2.19. The Morgan fingerprint density at radius 1 is 1.12 bits per heavy atom. The van der Waals surface area contributed by atoms with Crippen molar-refractivity contribution in [3.63, 3.8) is 0 Å². The minimum atomic E-state index is -4.57. The summed E-state index contributed by atoms with van der Waals surface area (Å²) in [6.07, 6.45) is -5.20. The standard InChI is InChI=1S/C9H9F5N2/c10-6-1-5(2-7(11)4-6)3-8(16-15)9(12,13)14/h1-2,4,8,16H,3,15H2. The van der Waals surface area contributed by atoms with Crippen LogP contribution in [0.2, 0.25) is 0 Å². The highest BCUT2D eigenvalue weighted by Gasteiger charge is 2.38. The van der Waals surface area contributed by atoms with Crippen molar-refractivity contribution in [1.29, 1.82) is 0 Å². The topological polar surface area (TPSA) is 38.0 Å². The van der Waals surface area contributed by atoms with E-state index in [-0.39, 0.29) is 5.56 Å². The summed E-state index contributed by atoms with van der Waals surface area (Å²) >= 11 is 0. The minimum Gasteiger partial charge on any atom is -0.271 e. The van der Waals surface area contributed by atoms with E-state index in [1.165, 1.54) is 0 Å². The van der Waals surface area contributed by atoms with Crippen molar-refractivity contribution in [3.8, 4) is 0 Å². The first-order chi connectivity index (χ1) is 7.32. The number of benzene rings is 1. The van der Waals surface area contributed by atoms with Crippen LogP contribution in [-0.4, -0.2) is 12.2 Å². The number of rotatable bonds is 3. The van der Waals surface area contributed by atoms with Crippen LogP contribution >= 0.6 is 0 Å². The Labute approximate surface area is 88.2 Å². The molecule has 0 amide bonds. The van der Waals surface area contributed by atoms with Crippen LogP contribution < -0.4 is 11.3 Å². The maximum Gasteiger partial charge on any atom is 0.405 e. The average Bonchev–Trinajstić information content (AvgIpc) is 2.10. The van der Waals surface area contributed by atoms with Crippen LogP contribution in [0.5, 0.6) is 0 Å². The SMILES string of the molecule is NNC(Cc1cc(F)cc(F)c1)C(F)(F)F. The lowest BCUT2D eigenvalue weighted by atomic mass is 10.1. The third kappa shape index (κ3) is 3.42. The van der Waals surface area contributed by atoms with Crippen LogP contribution in [0.25, 0.3) is 0 Å². The first-order valence-electron chi connectivity index (χ1n) is 4.30. The molecular formula is C9H9F5N2. The van der Waals surface area contributed by atoms with Gasteiger partial charge in [-0.3, -0.25) is 5.84 Å². The molecule has 0 aliphatic rings. The van der Waals surface area contributed by atoms with Crippen LogP contribution in [0.3, 0.4) is 0 Å². The Morgan fingerprint density at radius 2 is 1.62 bits per heavy atom. The highest BCUT2D eigenvalue weighted by atomic mass is 19.4. The minimum absolute atomic E-state index is 0.113. The van der Waals surface area contributed by atoms with Crippen molar-refractivity contribution < 1.29 is 22.0 Å². The predicted octanol–water partition coefficient (Wildman–Crippen LogP) is 1.90. The van der Waals surface area contributed by atoms with Crippen LogP contribution in [0.1, 0.15) is 5.56 Å². The van der Waals surface area contributed by atoms with Gasteiger partial charge in [-0.1, -0.05) is 0 Å². The zero-order chi connectivity index (χ0) is 12.3. The predicted molar refractivity (Wildman–Crippen MR) is 47.2 cm³/mol. The second-order valence-corrected chi connectivity index (χ2v) is 3.24. The molecule has 0 heterocycles. The fourth-order valence-electron chi connectivity index (χ4n) is 1.23. The van der Waals surface area contributed by atoms with Crippen molar-refractivity contribution in [2.24, 2.45) is 5.84 Å². The number of hydrogen-bond acceptors (Lipinski definition) is 2. The van der Waals surface area contributed by atoms with E-state index in [1.54, 1.807) is 5.43 Å². The Balaban J connectivity index is 2.86. The second-order valence-electron chi connectivity index (χ2n) is 3.24. The molecule has 7 heteroatoms. The van der Waals surface area contributed by atoms with Crippen LogP contribution in [0, 0.1) is 11.6 Å². The number of alkyl halides is 3. The van der Waals surface area contributed by atoms with Gasteiger partial charge >= 0.3 is 6.18 Å². The van der Waals surface area contributed by atoms with Gasteiger partial charge < -0.3 is 0 Å². The van der Waals surface area contributed by atoms with Gasteiger partial charge in [-0.25, -0.2) is 14.2 Å². The maximum atomic E-state index is 12.7. The molecule has 1 aromatic carbocycles. The second kappa shape index (κ2) is 4.75. The Bertz CT molecular complexity index is 343. The molecule has 0 radical (unpaired) electrons. The third-order valence-corrected chi connectivity index (χ3v) is 1.96. The van der Waals surface area contributed by atoms with Crippen LogP contribution in [-0.2, 0) is 6.42 Å². The molecule has 0 fully saturated rings. The Morgan fingerprint density at radius 3 is 2.00 bits per heavy atom. The zero-order valence-corrected chi connectivity index (χ0v) is 7.98. The first kappa shape index (κ1) is 12.9. The van der Waals surface area contributed by atoms with Crippen molar-refractivity contribution in [2.45, 2.75) is 18.6 Å². The summed E-state index contributed by atoms with van der Waals surface area (Å²) < 4.78 is 62.2. The van der Waals surface area contributed by atoms with E-state index >= 15 is 0 Å². The molecule has 16 heavy (non-hydrogen) atoms. The normalized spacial score (nSPS) is 13.9. The molecule has 0 saturated heterocycles. The molecule has 0 aliphatic carbocycles. The lowest BCUT2D eigenvalue weighted by Crippen LogP contribution is -2.47. The lowest BCUT2D eigenvalue weighted by molar-refractivity contribution is -0.155. The maximum absolute atomic E-state index is 12.7. The third-order valence-electron chi connectivity index (χ3n) is 1.96. The van der Waals surface area contributed by atoms with E-state index in [2.05, 4.69) is 0 Å². The van der Waals surface area contributed by atoms with E-state index in [9.17, 15) is 22.0 Å². The van der Waals surface area contributed by atoms with Gasteiger partial charge in [0.05, 0.1) is 0 Å². The van der Waals surface area contributed by atoms with E-state index < -0.39 is 30.3 Å². The van der Waals surface area contributed by atoms with Crippen molar-refractivity contribution in [1.82, 2.24) is 5.43 Å². The largest absolute Gasteiger partial charge is 0.405 e. The molecule has 0 bridgehead atoms. The van der Waals surface area contributed by atoms with Gasteiger partial charge in [-0.2, -0.15) is 13.2 Å². The summed E-state index contributed by atoms with van der Waals surface area (Å²) in [5, 5.41) is 0. The van der Waals surface area contributed by atoms with Crippen molar-refractivity contribution in [3.05, 3.63) is 35.4 Å². The molecule has 0 spiro atoms. The quantitative estimate of drug-likeness (QED) is 0.481. The fourth-order valence-corrected chi connectivity index (χ4v) is 1.23. The molecular weight excluding hydrogens is 231 g/mol. The fraction of sp³-hybridized carbons (Fsp3) is 0.333. The van der Waals surface area contributed by atoms with Gasteiger partial charge in [-0.15, -0.1) is 0 Å². The molecule has 1 aromatic rings. The monoisotopic (exact) mass is 240 g/mol. The van der Waals surface area contributed by atoms with Crippen molar-refractivity contribution >= 4 is 0 Å². The smallest absolute Gasteiger partial charge is 0.271 e. The molecule has 0 aliphatic heterocycles. The van der Waals surface area contributed by atoms with Gasteiger partial charge in [0, 0.05) is 6.07 Å². The zero-order valence-electron chi connectivity index (χ0n) is 7.98. The number of hydrazine groups is 1. The van der Waals surface area contributed by atoms with E-state index in [0.29, 0.717) is 6.07 Å². The van der Waals surface area contributed by atoms with Gasteiger partial charge in [-0.05, 0) is 24.1 Å². The van der Waals surface area contributed by atoms with Crippen LogP contribution in [0.4, 0.5) is 22.0 Å². The number of halogens is 5. The molecule has 90 valence electrons. The van der Waals surface area contributed by atoms with Gasteiger partial charge in [0.25, 0.3) is 0 Å². The summed E-state index contributed by atoms with van der Waals surface area (Å²) in [6, 6.07) is 0.217. The molecule has 1 rings (SSSR count). The van der Waals surface area contributed by atoms with Crippen molar-refractivity contribution in [2.75, 3.05) is 0 Å². The highest BCUT2D eigenvalue weighted by molar-refractivity contribution is 5.19. The molecule has 0 aromatic heterocycles. The number of hydrogen-bond donors (Lipinski definition) is 2. The molecule has 2 nitrogen and oxygen atoms in total. The van der Waals surface area contributed by atoms with Gasteiger partial charge in [0.15, 0.2) is 0 Å². The van der Waals surface area contributed by atoms with Gasteiger partial charge in [0.2, 0.25) is 0 Å². The average molecular weight is 240 g/mol. The first-order valence-corrected chi connectivity index (χ1v) is 4.30.